The Balaban J connectivity index is 1.69. The number of aromatic nitrogens is 1. The second-order valence-corrected chi connectivity index (χ2v) is 8.19. The Hall–Kier alpha value is -2.64. The second kappa shape index (κ2) is 8.58. The Morgan fingerprint density at radius 2 is 2.00 bits per heavy atom. The molecule has 2 N–H and O–H groups in total. The fourth-order valence-corrected chi connectivity index (χ4v) is 3.97. The zero-order valence-corrected chi connectivity index (χ0v) is 17.3. The highest BCUT2D eigenvalue weighted by molar-refractivity contribution is 7.13. The lowest BCUT2D eigenvalue weighted by Crippen LogP contribution is -2.13. The van der Waals surface area contributed by atoms with Crippen molar-refractivity contribution in [2.75, 3.05) is 10.6 Å². The Labute approximate surface area is 171 Å². The fourth-order valence-electron chi connectivity index (χ4n) is 2.57. The van der Waals surface area contributed by atoms with Gasteiger partial charge in [0.15, 0.2) is 5.76 Å². The molecular weight excluding hydrogens is 398 g/mol. The Morgan fingerprint density at radius 3 is 2.64 bits per heavy atom. The quantitative estimate of drug-likeness (QED) is 0.562. The standard InChI is InChI=1S/C20H20ClN3O3S/c1-11(2)9-17-22-12(3)18(28-17)20(26)23-13-6-7-15(14(21)10-13)24-19(25)16-5-4-8-27-16/h4-8,10-11H,9H2,1-3H3,(H,23,26)(H,24,25). The number of anilines is 2. The van der Waals surface area contributed by atoms with Crippen molar-refractivity contribution in [3.8, 4) is 0 Å². The van der Waals surface area contributed by atoms with Gasteiger partial charge in [0, 0.05) is 12.1 Å². The Bertz CT molecular complexity index is 996. The topological polar surface area (TPSA) is 84.2 Å². The third kappa shape index (κ3) is 4.79. The molecule has 2 heterocycles. The van der Waals surface area contributed by atoms with Crippen molar-refractivity contribution in [1.29, 1.82) is 0 Å². The molecule has 0 atom stereocenters. The zero-order chi connectivity index (χ0) is 20.3. The maximum atomic E-state index is 12.6. The van der Waals surface area contributed by atoms with Crippen molar-refractivity contribution in [3.63, 3.8) is 0 Å². The van der Waals surface area contributed by atoms with Crippen molar-refractivity contribution < 1.29 is 14.0 Å². The third-order valence-corrected chi connectivity index (χ3v) is 5.34. The van der Waals surface area contributed by atoms with Gasteiger partial charge in [0.1, 0.15) is 4.88 Å². The van der Waals surface area contributed by atoms with Crippen molar-refractivity contribution in [2.24, 2.45) is 5.92 Å². The molecule has 3 aromatic rings. The van der Waals surface area contributed by atoms with Gasteiger partial charge in [-0.05, 0) is 43.2 Å². The van der Waals surface area contributed by atoms with E-state index < -0.39 is 5.91 Å². The number of benzene rings is 1. The van der Waals surface area contributed by atoms with E-state index in [-0.39, 0.29) is 11.7 Å². The highest BCUT2D eigenvalue weighted by Gasteiger charge is 2.17. The lowest BCUT2D eigenvalue weighted by atomic mass is 10.1. The predicted octanol–water partition coefficient (Wildman–Crippen LogP) is 5.40. The number of thiazole rings is 1. The van der Waals surface area contributed by atoms with Crippen LogP contribution in [0, 0.1) is 12.8 Å². The maximum absolute atomic E-state index is 12.6. The van der Waals surface area contributed by atoms with E-state index in [1.165, 1.54) is 17.6 Å². The highest BCUT2D eigenvalue weighted by atomic mass is 35.5. The van der Waals surface area contributed by atoms with Gasteiger partial charge in [0.2, 0.25) is 0 Å². The van der Waals surface area contributed by atoms with Gasteiger partial charge in [-0.25, -0.2) is 4.98 Å². The smallest absolute Gasteiger partial charge is 0.291 e. The van der Waals surface area contributed by atoms with Crippen molar-refractivity contribution in [3.05, 3.63) is 63.0 Å². The van der Waals surface area contributed by atoms with Crippen molar-refractivity contribution >= 4 is 46.1 Å². The van der Waals surface area contributed by atoms with Gasteiger partial charge in [0.05, 0.1) is 27.7 Å². The first-order valence-corrected chi connectivity index (χ1v) is 9.95. The van der Waals surface area contributed by atoms with E-state index in [2.05, 4.69) is 29.5 Å². The summed E-state index contributed by atoms with van der Waals surface area (Å²) in [4.78, 5) is 29.7. The minimum absolute atomic E-state index is 0.186. The average Bonchev–Trinajstić information content (AvgIpc) is 3.26. The third-order valence-electron chi connectivity index (χ3n) is 3.85. The number of carbonyl (C=O) groups excluding carboxylic acids is 2. The number of hydrogen-bond donors (Lipinski definition) is 2. The van der Waals surface area contributed by atoms with Crippen LogP contribution in [0.1, 0.15) is 44.8 Å². The van der Waals surface area contributed by atoms with Crippen LogP contribution in [0.4, 0.5) is 11.4 Å². The van der Waals surface area contributed by atoms with E-state index in [0.717, 1.165) is 11.4 Å². The van der Waals surface area contributed by atoms with Crippen LogP contribution in [0.15, 0.2) is 41.0 Å². The minimum Gasteiger partial charge on any atom is -0.459 e. The number of carbonyl (C=O) groups is 2. The molecule has 146 valence electrons. The summed E-state index contributed by atoms with van der Waals surface area (Å²) >= 11 is 7.66. The lowest BCUT2D eigenvalue weighted by molar-refractivity contribution is 0.0994. The molecule has 0 fully saturated rings. The van der Waals surface area contributed by atoms with Gasteiger partial charge in [-0.2, -0.15) is 0 Å². The average molecular weight is 418 g/mol. The van der Waals surface area contributed by atoms with Gasteiger partial charge < -0.3 is 15.1 Å². The van der Waals surface area contributed by atoms with Crippen LogP contribution in [0.5, 0.6) is 0 Å². The molecular formula is C20H20ClN3O3S. The molecule has 0 aliphatic carbocycles. The summed E-state index contributed by atoms with van der Waals surface area (Å²) in [7, 11) is 0. The van der Waals surface area contributed by atoms with Crippen LogP contribution in [0.3, 0.4) is 0 Å². The van der Waals surface area contributed by atoms with Gasteiger partial charge >= 0.3 is 0 Å². The van der Waals surface area contributed by atoms with Crippen LogP contribution in [-0.2, 0) is 6.42 Å². The molecule has 0 bridgehead atoms. The molecule has 0 aliphatic heterocycles. The largest absolute Gasteiger partial charge is 0.459 e. The number of furan rings is 1. The molecule has 2 amide bonds. The molecule has 0 spiro atoms. The summed E-state index contributed by atoms with van der Waals surface area (Å²) in [5.74, 6) is 0.0330. The highest BCUT2D eigenvalue weighted by Crippen LogP contribution is 2.27. The van der Waals surface area contributed by atoms with Gasteiger partial charge in [-0.3, -0.25) is 9.59 Å². The summed E-state index contributed by atoms with van der Waals surface area (Å²) in [6.07, 6.45) is 2.26. The van der Waals surface area contributed by atoms with Crippen LogP contribution >= 0.6 is 22.9 Å². The van der Waals surface area contributed by atoms with Crippen LogP contribution < -0.4 is 10.6 Å². The first kappa shape index (κ1) is 20.1. The summed E-state index contributed by atoms with van der Waals surface area (Å²) in [6.45, 7) is 6.06. The Kier molecular flexibility index (Phi) is 6.16. The zero-order valence-electron chi connectivity index (χ0n) is 15.7. The molecule has 0 radical (unpaired) electrons. The van der Waals surface area contributed by atoms with Gasteiger partial charge in [0.25, 0.3) is 11.8 Å². The monoisotopic (exact) mass is 417 g/mol. The van der Waals surface area contributed by atoms with E-state index in [0.29, 0.717) is 32.9 Å². The van der Waals surface area contributed by atoms with Crippen LogP contribution in [0.25, 0.3) is 0 Å². The number of aryl methyl sites for hydroxylation is 1. The first-order chi connectivity index (χ1) is 13.3. The van der Waals surface area contributed by atoms with Crippen molar-refractivity contribution in [2.45, 2.75) is 27.2 Å². The molecule has 8 heteroatoms. The predicted molar refractivity (Wildman–Crippen MR) is 111 cm³/mol. The number of amides is 2. The molecule has 0 aliphatic rings. The summed E-state index contributed by atoms with van der Waals surface area (Å²) in [5, 5.41) is 6.76. The number of hydrogen-bond acceptors (Lipinski definition) is 5. The SMILES string of the molecule is Cc1nc(CC(C)C)sc1C(=O)Nc1ccc(NC(=O)c2ccco2)c(Cl)c1. The van der Waals surface area contributed by atoms with E-state index in [1.807, 2.05) is 6.92 Å². The number of halogens is 1. The molecule has 3 rings (SSSR count). The normalized spacial score (nSPS) is 10.9. The van der Waals surface area contributed by atoms with Gasteiger partial charge in [-0.1, -0.05) is 25.4 Å². The second-order valence-electron chi connectivity index (χ2n) is 6.70. The number of rotatable bonds is 6. The molecule has 0 saturated heterocycles. The van der Waals surface area contributed by atoms with Gasteiger partial charge in [-0.15, -0.1) is 11.3 Å². The molecule has 0 saturated carbocycles. The number of nitrogens with zero attached hydrogens (tertiary/aromatic N) is 1. The minimum atomic E-state index is -0.401. The Morgan fingerprint density at radius 1 is 1.21 bits per heavy atom. The lowest BCUT2D eigenvalue weighted by Gasteiger charge is -2.09. The van der Waals surface area contributed by atoms with E-state index in [9.17, 15) is 9.59 Å². The summed E-state index contributed by atoms with van der Waals surface area (Å²) < 4.78 is 5.05. The van der Waals surface area contributed by atoms with E-state index in [4.69, 9.17) is 16.0 Å². The fraction of sp³-hybridized carbons (Fsp3) is 0.250. The van der Waals surface area contributed by atoms with E-state index in [1.54, 1.807) is 30.3 Å². The van der Waals surface area contributed by atoms with Crippen LogP contribution in [-0.4, -0.2) is 16.8 Å². The summed E-state index contributed by atoms with van der Waals surface area (Å²) in [5.41, 5.74) is 1.67. The first-order valence-electron chi connectivity index (χ1n) is 8.75. The molecule has 2 aromatic heterocycles. The maximum Gasteiger partial charge on any atom is 0.291 e. The molecule has 6 nitrogen and oxygen atoms in total. The number of nitrogens with one attached hydrogen (secondary N) is 2. The molecule has 28 heavy (non-hydrogen) atoms. The van der Waals surface area contributed by atoms with Crippen LogP contribution in [0.2, 0.25) is 5.02 Å². The molecule has 1 aromatic carbocycles. The van der Waals surface area contributed by atoms with Crippen molar-refractivity contribution in [1.82, 2.24) is 4.98 Å². The van der Waals surface area contributed by atoms with E-state index >= 15 is 0 Å². The summed E-state index contributed by atoms with van der Waals surface area (Å²) in [6, 6.07) is 8.07. The molecule has 0 unspecified atom stereocenters.